The molecule has 1 nitrogen and oxygen atoms in total. The van der Waals surface area contributed by atoms with Gasteiger partial charge < -0.3 is 0 Å². The summed E-state index contributed by atoms with van der Waals surface area (Å²) in [5, 5.41) is 0. The highest BCUT2D eigenvalue weighted by Gasteiger charge is 2.31. The van der Waals surface area contributed by atoms with E-state index in [-0.39, 0.29) is 0 Å². The maximum atomic E-state index is 4.63. The molecule has 11 heteroatoms. The van der Waals surface area contributed by atoms with E-state index >= 15 is 0 Å². The van der Waals surface area contributed by atoms with Gasteiger partial charge in [0.25, 0.3) is 0 Å². The Bertz CT molecular complexity index is 1230. The zero-order valence-corrected chi connectivity index (χ0v) is 25.3. The van der Waals surface area contributed by atoms with E-state index in [9.17, 15) is 0 Å². The Morgan fingerprint density at radius 3 is 2.21 bits per heavy atom. The van der Waals surface area contributed by atoms with Gasteiger partial charge in [-0.3, -0.25) is 0 Å². The molecule has 0 spiro atoms. The van der Waals surface area contributed by atoms with Crippen LogP contribution in [0.4, 0.5) is 0 Å². The molecule has 0 bridgehead atoms. The van der Waals surface area contributed by atoms with Gasteiger partial charge in [-0.05, 0) is 30.2 Å². The molecule has 5 rings (SSSR count). The summed E-state index contributed by atoms with van der Waals surface area (Å²) in [6.07, 6.45) is 2.17. The summed E-state index contributed by atoms with van der Waals surface area (Å²) in [4.78, 5) is 4.63. The zero-order chi connectivity index (χ0) is 22.5. The molecule has 168 valence electrons. The Hall–Kier alpha value is 0.600. The number of aromatic nitrogens is 1. The number of benzene rings is 1. The second-order valence-corrected chi connectivity index (χ2v) is 18.1. The lowest BCUT2D eigenvalue weighted by molar-refractivity contribution is 1.31. The van der Waals surface area contributed by atoms with Crippen LogP contribution < -0.4 is 0 Å². The molecule has 1 aromatic carbocycles. The summed E-state index contributed by atoms with van der Waals surface area (Å²) < 4.78 is 11.0. The monoisotopic (exact) mass is 613 g/mol. The van der Waals surface area contributed by atoms with E-state index in [4.69, 9.17) is 0 Å². The van der Waals surface area contributed by atoms with Gasteiger partial charge in [-0.1, -0.05) is 82.8 Å². The molecule has 0 unspecified atom stereocenters. The highest BCUT2D eigenvalue weighted by Crippen LogP contribution is 2.66. The molecule has 0 fully saturated rings. The van der Waals surface area contributed by atoms with Gasteiger partial charge in [0.2, 0.25) is 0 Å². The van der Waals surface area contributed by atoms with E-state index < -0.39 is 0 Å². The quantitative estimate of drug-likeness (QED) is 0.238. The van der Waals surface area contributed by atoms with Crippen LogP contribution in [0.25, 0.3) is 10.2 Å². The van der Waals surface area contributed by atoms with Gasteiger partial charge in [0.15, 0.2) is 4.34 Å². The molecule has 0 atom stereocenters. The predicted molar refractivity (Wildman–Crippen MR) is 168 cm³/mol. The lowest BCUT2D eigenvalue weighted by Gasteiger charge is -2.08. The second-order valence-electron chi connectivity index (χ2n) is 6.16. The van der Waals surface area contributed by atoms with Crippen molar-refractivity contribution in [3.05, 3.63) is 49.7 Å². The SMILES string of the molecule is CSC1=C(SCC#CC#CCSc2nc3ccccc3s2)SC(=C2SC3=C(SCCS3)S2)S1. The third-order valence-corrected chi connectivity index (χ3v) is 17.7. The van der Waals surface area contributed by atoms with E-state index in [0.717, 1.165) is 21.4 Å². The van der Waals surface area contributed by atoms with Crippen molar-refractivity contribution in [3.63, 3.8) is 0 Å². The van der Waals surface area contributed by atoms with Gasteiger partial charge in [-0.25, -0.2) is 4.98 Å². The van der Waals surface area contributed by atoms with E-state index in [1.54, 1.807) is 23.1 Å². The number of nitrogens with zero attached hydrogens (tertiary/aromatic N) is 1. The molecule has 0 amide bonds. The lowest BCUT2D eigenvalue weighted by Crippen LogP contribution is -1.88. The second kappa shape index (κ2) is 12.7. The lowest BCUT2D eigenvalue weighted by atomic mass is 10.3. The summed E-state index contributed by atoms with van der Waals surface area (Å²) in [5.74, 6) is 16.3. The molecule has 4 heterocycles. The molecule has 0 aliphatic carbocycles. The number of hydrogen-bond donors (Lipinski definition) is 0. The Balaban J connectivity index is 1.09. The van der Waals surface area contributed by atoms with Crippen LogP contribution in [0.3, 0.4) is 0 Å². The summed E-state index contributed by atoms with van der Waals surface area (Å²) in [6.45, 7) is 0. The summed E-state index contributed by atoms with van der Waals surface area (Å²) in [6, 6.07) is 8.24. The van der Waals surface area contributed by atoms with Gasteiger partial charge in [0.1, 0.15) is 0 Å². The number of fused-ring (bicyclic) bond motifs is 1. The van der Waals surface area contributed by atoms with Crippen molar-refractivity contribution in [2.24, 2.45) is 0 Å². The van der Waals surface area contributed by atoms with Crippen molar-refractivity contribution in [3.8, 4) is 23.7 Å². The maximum Gasteiger partial charge on any atom is 0.152 e. The standard InChI is InChI=1S/C22H15NS10/c1-24-16-17(31-20(30-16)21-32-18-19(33-21)27-13-12-26-18)25-10-6-2-3-7-11-28-22-23-14-8-4-5-9-15(14)29-22/h4-5,8-9H,10-13H2,1H3. The first-order chi connectivity index (χ1) is 16.3. The Morgan fingerprint density at radius 1 is 0.818 bits per heavy atom. The normalized spacial score (nSPS) is 17.8. The van der Waals surface area contributed by atoms with Crippen LogP contribution in [0.15, 0.2) is 54.0 Å². The fraction of sp³-hybridized carbons (Fsp3) is 0.227. The van der Waals surface area contributed by atoms with Gasteiger partial charge >= 0.3 is 0 Å². The molecule has 3 aliphatic heterocycles. The smallest absolute Gasteiger partial charge is 0.152 e. The fourth-order valence-electron chi connectivity index (χ4n) is 2.64. The van der Waals surface area contributed by atoms with Gasteiger partial charge in [-0.15, -0.1) is 58.4 Å². The summed E-state index contributed by atoms with van der Waals surface area (Å²) in [7, 11) is 0. The third-order valence-electron chi connectivity index (χ3n) is 4.03. The number of hydrogen-bond acceptors (Lipinski definition) is 11. The molecule has 0 saturated heterocycles. The summed E-state index contributed by atoms with van der Waals surface area (Å²) in [5.41, 5.74) is 1.06. The van der Waals surface area contributed by atoms with Crippen molar-refractivity contribution < 1.29 is 0 Å². The van der Waals surface area contributed by atoms with E-state index in [2.05, 4.69) is 53.1 Å². The number of para-hydroxylation sites is 1. The fourth-order valence-corrected chi connectivity index (χ4v) is 15.9. The largest absolute Gasteiger partial charge is 0.230 e. The molecular weight excluding hydrogens is 599 g/mol. The van der Waals surface area contributed by atoms with Crippen LogP contribution in [-0.4, -0.2) is 34.3 Å². The minimum Gasteiger partial charge on any atom is -0.230 e. The Labute approximate surface area is 236 Å². The van der Waals surface area contributed by atoms with Crippen molar-refractivity contribution in [1.29, 1.82) is 0 Å². The number of rotatable bonds is 5. The van der Waals surface area contributed by atoms with Crippen molar-refractivity contribution >= 4 is 127 Å². The molecule has 0 N–H and O–H groups in total. The number of thiazole rings is 1. The predicted octanol–water partition coefficient (Wildman–Crippen LogP) is 9.31. The van der Waals surface area contributed by atoms with Crippen molar-refractivity contribution in [2.75, 3.05) is 29.3 Å². The average molecular weight is 614 g/mol. The number of thioether (sulfide) groups is 9. The maximum absolute atomic E-state index is 4.63. The molecule has 3 aliphatic rings. The minimum absolute atomic E-state index is 0.719. The van der Waals surface area contributed by atoms with E-state index in [1.807, 2.05) is 100 Å². The van der Waals surface area contributed by atoms with Crippen LogP contribution >= 0.6 is 117 Å². The summed E-state index contributed by atoms with van der Waals surface area (Å²) >= 11 is 18.9. The first kappa shape index (κ1) is 25.3. The van der Waals surface area contributed by atoms with Gasteiger partial charge in [0.05, 0.1) is 47.1 Å². The van der Waals surface area contributed by atoms with Crippen LogP contribution in [0.1, 0.15) is 0 Å². The molecule has 33 heavy (non-hydrogen) atoms. The van der Waals surface area contributed by atoms with Crippen LogP contribution in [-0.2, 0) is 0 Å². The third kappa shape index (κ3) is 6.68. The zero-order valence-electron chi connectivity index (χ0n) is 17.2. The average Bonchev–Trinajstić information content (AvgIpc) is 3.56. The highest BCUT2D eigenvalue weighted by atomic mass is 32.3. The van der Waals surface area contributed by atoms with E-state index in [1.165, 1.54) is 41.6 Å². The molecule has 0 saturated carbocycles. The molecule has 1 aromatic heterocycles. The highest BCUT2D eigenvalue weighted by molar-refractivity contribution is 8.45. The topological polar surface area (TPSA) is 12.9 Å². The first-order valence-corrected chi connectivity index (χ1v) is 18.9. The minimum atomic E-state index is 0.719. The van der Waals surface area contributed by atoms with Gasteiger partial charge in [-0.2, -0.15) is 0 Å². The Morgan fingerprint density at radius 2 is 1.48 bits per heavy atom. The van der Waals surface area contributed by atoms with Crippen LogP contribution in [0.2, 0.25) is 0 Å². The Kier molecular flexibility index (Phi) is 9.73. The molecule has 0 radical (unpaired) electrons. The first-order valence-electron chi connectivity index (χ1n) is 9.61. The van der Waals surface area contributed by atoms with Gasteiger partial charge in [0, 0.05) is 11.5 Å². The van der Waals surface area contributed by atoms with Crippen LogP contribution in [0.5, 0.6) is 0 Å². The molecule has 2 aromatic rings. The van der Waals surface area contributed by atoms with Crippen LogP contribution in [0, 0.1) is 23.7 Å². The van der Waals surface area contributed by atoms with Crippen molar-refractivity contribution in [2.45, 2.75) is 4.34 Å². The van der Waals surface area contributed by atoms with Crippen molar-refractivity contribution in [1.82, 2.24) is 4.98 Å². The van der Waals surface area contributed by atoms with E-state index in [0.29, 0.717) is 0 Å². The molecular formula is C22H15NS10.